The van der Waals surface area contributed by atoms with E-state index in [2.05, 4.69) is 22.8 Å². The Kier molecular flexibility index (Phi) is 5.92. The molecule has 23 heavy (non-hydrogen) atoms. The van der Waals surface area contributed by atoms with Gasteiger partial charge in [-0.2, -0.15) is 0 Å². The van der Waals surface area contributed by atoms with Gasteiger partial charge in [0.1, 0.15) is 0 Å². The monoisotopic (exact) mass is 310 g/mol. The predicted octanol–water partition coefficient (Wildman–Crippen LogP) is 2.99. The highest BCUT2D eigenvalue weighted by molar-refractivity contribution is 6.39. The number of anilines is 1. The molecule has 2 aromatic carbocycles. The number of rotatable bonds is 5. The lowest BCUT2D eigenvalue weighted by Crippen LogP contribution is -2.36. The molecule has 4 nitrogen and oxygen atoms in total. The number of carbonyl (C=O) groups excluding carboxylic acids is 2. The van der Waals surface area contributed by atoms with Crippen molar-refractivity contribution in [3.63, 3.8) is 0 Å². The molecule has 2 amide bonds. The Labute approximate surface area is 136 Å². The molecule has 0 aliphatic carbocycles. The van der Waals surface area contributed by atoms with E-state index in [4.69, 9.17) is 0 Å². The quantitative estimate of drug-likeness (QED) is 0.659. The van der Waals surface area contributed by atoms with E-state index in [9.17, 15) is 9.59 Å². The van der Waals surface area contributed by atoms with Gasteiger partial charge in [-0.05, 0) is 43.9 Å². The highest BCUT2D eigenvalue weighted by atomic mass is 16.2. The Hall–Kier alpha value is -2.62. The summed E-state index contributed by atoms with van der Waals surface area (Å²) in [6.45, 7) is 4.37. The molecule has 0 atom stereocenters. The van der Waals surface area contributed by atoms with Gasteiger partial charge in [0.2, 0.25) is 0 Å². The van der Waals surface area contributed by atoms with Crippen molar-refractivity contribution in [1.29, 1.82) is 0 Å². The van der Waals surface area contributed by atoms with Gasteiger partial charge < -0.3 is 10.6 Å². The number of amides is 2. The molecule has 0 aliphatic rings. The zero-order valence-electron chi connectivity index (χ0n) is 13.6. The van der Waals surface area contributed by atoms with Gasteiger partial charge in [0.05, 0.1) is 0 Å². The first-order chi connectivity index (χ1) is 11.1. The van der Waals surface area contributed by atoms with Gasteiger partial charge in [-0.25, -0.2) is 0 Å². The second-order valence-electron chi connectivity index (χ2n) is 5.62. The van der Waals surface area contributed by atoms with Gasteiger partial charge in [-0.1, -0.05) is 48.0 Å². The largest absolute Gasteiger partial charge is 0.348 e. The lowest BCUT2D eigenvalue weighted by Gasteiger charge is -2.09. The maximum Gasteiger partial charge on any atom is 0.313 e. The molecule has 120 valence electrons. The molecule has 0 aromatic heterocycles. The molecule has 0 aliphatic heterocycles. The van der Waals surface area contributed by atoms with Gasteiger partial charge in [0.15, 0.2) is 0 Å². The van der Waals surface area contributed by atoms with Gasteiger partial charge >= 0.3 is 11.8 Å². The van der Waals surface area contributed by atoms with E-state index in [-0.39, 0.29) is 0 Å². The van der Waals surface area contributed by atoms with Crippen LogP contribution in [0.4, 0.5) is 5.69 Å². The van der Waals surface area contributed by atoms with Crippen molar-refractivity contribution >= 4 is 17.5 Å². The molecule has 0 unspecified atom stereocenters. The third-order valence-electron chi connectivity index (χ3n) is 3.61. The number of aryl methyl sites for hydroxylation is 3. The standard InChI is InChI=1S/C19H22N2O2/c1-14-10-11-17(15(2)13-14)21-19(23)18(22)20-12-6-9-16-7-4-3-5-8-16/h3-5,7-8,10-11,13H,6,9,12H2,1-2H3,(H,20,22)(H,21,23). The molecule has 0 saturated carbocycles. The Morgan fingerprint density at radius 1 is 0.957 bits per heavy atom. The van der Waals surface area contributed by atoms with E-state index in [1.807, 2.05) is 50.2 Å². The van der Waals surface area contributed by atoms with Crippen LogP contribution in [-0.2, 0) is 16.0 Å². The first kappa shape index (κ1) is 16.7. The molecule has 0 saturated heterocycles. The lowest BCUT2D eigenvalue weighted by atomic mass is 10.1. The molecule has 0 fully saturated rings. The summed E-state index contributed by atoms with van der Waals surface area (Å²) in [5.74, 6) is -1.23. The van der Waals surface area contributed by atoms with Crippen LogP contribution in [0.1, 0.15) is 23.1 Å². The van der Waals surface area contributed by atoms with Crippen LogP contribution in [0, 0.1) is 13.8 Å². The number of nitrogens with one attached hydrogen (secondary N) is 2. The number of benzene rings is 2. The molecule has 0 bridgehead atoms. The van der Waals surface area contributed by atoms with Crippen LogP contribution >= 0.6 is 0 Å². The fourth-order valence-electron chi connectivity index (χ4n) is 2.35. The minimum Gasteiger partial charge on any atom is -0.348 e. The Morgan fingerprint density at radius 2 is 1.70 bits per heavy atom. The van der Waals surface area contributed by atoms with Gasteiger partial charge in [0.25, 0.3) is 0 Å². The lowest BCUT2D eigenvalue weighted by molar-refractivity contribution is -0.136. The third-order valence-corrected chi connectivity index (χ3v) is 3.61. The van der Waals surface area contributed by atoms with Crippen molar-refractivity contribution in [3.8, 4) is 0 Å². The van der Waals surface area contributed by atoms with E-state index < -0.39 is 11.8 Å². The number of hydrogen-bond donors (Lipinski definition) is 2. The molecule has 0 spiro atoms. The fourth-order valence-corrected chi connectivity index (χ4v) is 2.35. The summed E-state index contributed by atoms with van der Waals surface area (Å²) in [5, 5.41) is 5.30. The molecular formula is C19H22N2O2. The topological polar surface area (TPSA) is 58.2 Å². The molecule has 0 radical (unpaired) electrons. The number of carbonyl (C=O) groups is 2. The van der Waals surface area contributed by atoms with Crippen molar-refractivity contribution in [3.05, 3.63) is 65.2 Å². The summed E-state index contributed by atoms with van der Waals surface area (Å²) in [5.41, 5.74) is 3.95. The van der Waals surface area contributed by atoms with E-state index in [0.717, 1.165) is 24.0 Å². The summed E-state index contributed by atoms with van der Waals surface area (Å²) >= 11 is 0. The number of hydrogen-bond acceptors (Lipinski definition) is 2. The average molecular weight is 310 g/mol. The van der Waals surface area contributed by atoms with Crippen molar-refractivity contribution < 1.29 is 9.59 Å². The summed E-state index contributed by atoms with van der Waals surface area (Å²) < 4.78 is 0. The predicted molar refractivity (Wildman–Crippen MR) is 92.3 cm³/mol. The maximum absolute atomic E-state index is 11.9. The van der Waals surface area contributed by atoms with E-state index >= 15 is 0 Å². The second kappa shape index (κ2) is 8.13. The SMILES string of the molecule is Cc1ccc(NC(=O)C(=O)NCCCc2ccccc2)c(C)c1. The van der Waals surface area contributed by atoms with Crippen LogP contribution in [0.5, 0.6) is 0 Å². The summed E-state index contributed by atoms with van der Waals surface area (Å²) in [6, 6.07) is 15.7. The minimum absolute atomic E-state index is 0.480. The Bertz CT molecular complexity index is 681. The van der Waals surface area contributed by atoms with Crippen LogP contribution < -0.4 is 10.6 Å². The fraction of sp³-hybridized carbons (Fsp3) is 0.263. The molecular weight excluding hydrogens is 288 g/mol. The summed E-state index contributed by atoms with van der Waals surface area (Å²) in [7, 11) is 0. The summed E-state index contributed by atoms with van der Waals surface area (Å²) in [6.07, 6.45) is 1.67. The van der Waals surface area contributed by atoms with E-state index in [1.165, 1.54) is 5.56 Å². The first-order valence-electron chi connectivity index (χ1n) is 7.76. The highest BCUT2D eigenvalue weighted by Crippen LogP contribution is 2.15. The third kappa shape index (κ3) is 5.25. The van der Waals surface area contributed by atoms with Crippen molar-refractivity contribution in [2.24, 2.45) is 0 Å². The van der Waals surface area contributed by atoms with Crippen molar-refractivity contribution in [2.45, 2.75) is 26.7 Å². The van der Waals surface area contributed by atoms with Crippen molar-refractivity contribution in [1.82, 2.24) is 5.32 Å². The van der Waals surface area contributed by atoms with E-state index in [0.29, 0.717) is 12.2 Å². The Morgan fingerprint density at radius 3 is 2.39 bits per heavy atom. The molecule has 2 N–H and O–H groups in total. The van der Waals surface area contributed by atoms with Crippen LogP contribution in [0.3, 0.4) is 0 Å². The zero-order valence-corrected chi connectivity index (χ0v) is 13.6. The summed E-state index contributed by atoms with van der Waals surface area (Å²) in [4.78, 5) is 23.7. The van der Waals surface area contributed by atoms with Crippen molar-refractivity contribution in [2.75, 3.05) is 11.9 Å². The van der Waals surface area contributed by atoms with Crippen LogP contribution in [0.2, 0.25) is 0 Å². The van der Waals surface area contributed by atoms with Gasteiger partial charge in [-0.15, -0.1) is 0 Å². The molecule has 0 heterocycles. The normalized spacial score (nSPS) is 10.2. The second-order valence-corrected chi connectivity index (χ2v) is 5.62. The first-order valence-corrected chi connectivity index (χ1v) is 7.76. The average Bonchev–Trinajstić information content (AvgIpc) is 2.55. The van der Waals surface area contributed by atoms with Crippen LogP contribution in [0.15, 0.2) is 48.5 Å². The Balaban J connectivity index is 1.75. The molecule has 2 aromatic rings. The highest BCUT2D eigenvalue weighted by Gasteiger charge is 2.13. The van der Waals surface area contributed by atoms with E-state index in [1.54, 1.807) is 0 Å². The maximum atomic E-state index is 11.9. The van der Waals surface area contributed by atoms with Gasteiger partial charge in [0, 0.05) is 12.2 Å². The van der Waals surface area contributed by atoms with Gasteiger partial charge in [-0.3, -0.25) is 9.59 Å². The zero-order chi connectivity index (χ0) is 16.7. The van der Waals surface area contributed by atoms with Crippen LogP contribution in [0.25, 0.3) is 0 Å². The van der Waals surface area contributed by atoms with Crippen LogP contribution in [-0.4, -0.2) is 18.4 Å². The molecule has 2 rings (SSSR count). The molecule has 4 heteroatoms. The minimum atomic E-state index is -0.628. The smallest absolute Gasteiger partial charge is 0.313 e.